The van der Waals surface area contributed by atoms with Crippen molar-refractivity contribution in [2.75, 3.05) is 11.9 Å². The fourth-order valence-electron chi connectivity index (χ4n) is 2.78. The first-order valence-electron chi connectivity index (χ1n) is 8.48. The van der Waals surface area contributed by atoms with E-state index in [9.17, 15) is 18.0 Å². The molecule has 0 unspecified atom stereocenters. The van der Waals surface area contributed by atoms with E-state index < -0.39 is 11.7 Å². The number of rotatable bonds is 5. The fraction of sp³-hybridized carbons (Fsp3) is 0.200. The molecule has 4 nitrogen and oxygen atoms in total. The number of nitrogens with one attached hydrogen (secondary N) is 2. The highest BCUT2D eigenvalue weighted by atomic mass is 19.4. The van der Waals surface area contributed by atoms with Crippen molar-refractivity contribution in [3.8, 4) is 0 Å². The van der Waals surface area contributed by atoms with Crippen LogP contribution in [0.4, 0.5) is 23.7 Å². The molecule has 0 spiro atoms. The van der Waals surface area contributed by atoms with Gasteiger partial charge in [0.15, 0.2) is 0 Å². The second-order valence-electron chi connectivity index (χ2n) is 6.06. The van der Waals surface area contributed by atoms with E-state index in [0.717, 1.165) is 23.0 Å². The van der Waals surface area contributed by atoms with Gasteiger partial charge in [-0.05, 0) is 48.7 Å². The predicted molar refractivity (Wildman–Crippen MR) is 98.5 cm³/mol. The van der Waals surface area contributed by atoms with Gasteiger partial charge in [0, 0.05) is 18.1 Å². The van der Waals surface area contributed by atoms with Gasteiger partial charge >= 0.3 is 12.2 Å². The SMILES string of the molecule is O=C(NCCCc1cccc(C(F)(F)F)c1)Nc1cccc2ncccc12. The number of anilines is 1. The molecule has 0 atom stereocenters. The Morgan fingerprint density at radius 1 is 1.04 bits per heavy atom. The molecule has 0 saturated carbocycles. The Labute approximate surface area is 154 Å². The van der Waals surface area contributed by atoms with Gasteiger partial charge in [0.05, 0.1) is 16.8 Å². The van der Waals surface area contributed by atoms with Crippen LogP contribution in [0.15, 0.2) is 60.8 Å². The van der Waals surface area contributed by atoms with Crippen LogP contribution < -0.4 is 10.6 Å². The first-order chi connectivity index (χ1) is 12.9. The van der Waals surface area contributed by atoms with Crippen molar-refractivity contribution in [3.63, 3.8) is 0 Å². The minimum atomic E-state index is -4.35. The lowest BCUT2D eigenvalue weighted by atomic mass is 10.1. The molecule has 0 aliphatic heterocycles. The van der Waals surface area contributed by atoms with Crippen LogP contribution in [0, 0.1) is 0 Å². The lowest BCUT2D eigenvalue weighted by Crippen LogP contribution is -2.29. The molecule has 3 rings (SSSR count). The molecule has 0 bridgehead atoms. The minimum absolute atomic E-state index is 0.352. The monoisotopic (exact) mass is 373 g/mol. The van der Waals surface area contributed by atoms with Gasteiger partial charge in [-0.1, -0.05) is 24.3 Å². The third-order valence-electron chi connectivity index (χ3n) is 4.08. The zero-order valence-electron chi connectivity index (χ0n) is 14.4. The van der Waals surface area contributed by atoms with Gasteiger partial charge in [-0.2, -0.15) is 13.2 Å². The number of nitrogens with zero attached hydrogens (tertiary/aromatic N) is 1. The van der Waals surface area contributed by atoms with Crippen molar-refractivity contribution < 1.29 is 18.0 Å². The number of aryl methyl sites for hydroxylation is 1. The summed E-state index contributed by atoms with van der Waals surface area (Å²) in [5, 5.41) is 6.32. The molecule has 0 radical (unpaired) electrons. The van der Waals surface area contributed by atoms with Crippen LogP contribution in [0.3, 0.4) is 0 Å². The molecule has 0 aliphatic carbocycles. The van der Waals surface area contributed by atoms with Gasteiger partial charge in [-0.3, -0.25) is 4.98 Å². The molecule has 2 N–H and O–H groups in total. The Bertz CT molecular complexity index is 936. The fourth-order valence-corrected chi connectivity index (χ4v) is 2.78. The van der Waals surface area contributed by atoms with Gasteiger partial charge in [0.2, 0.25) is 0 Å². The van der Waals surface area contributed by atoms with Crippen molar-refractivity contribution in [3.05, 3.63) is 71.9 Å². The van der Waals surface area contributed by atoms with Crippen molar-refractivity contribution in [1.82, 2.24) is 10.3 Å². The Morgan fingerprint density at radius 3 is 2.67 bits per heavy atom. The molecule has 0 saturated heterocycles. The molecule has 7 heteroatoms. The number of carbonyl (C=O) groups excluding carboxylic acids is 1. The molecule has 0 fully saturated rings. The summed E-state index contributed by atoms with van der Waals surface area (Å²) in [4.78, 5) is 16.3. The minimum Gasteiger partial charge on any atom is -0.338 e. The zero-order chi connectivity index (χ0) is 19.3. The normalized spacial score (nSPS) is 11.4. The molecule has 2 amide bonds. The maximum atomic E-state index is 12.7. The number of urea groups is 1. The smallest absolute Gasteiger partial charge is 0.338 e. The molecule has 27 heavy (non-hydrogen) atoms. The Balaban J connectivity index is 1.50. The van der Waals surface area contributed by atoms with E-state index in [1.165, 1.54) is 6.07 Å². The maximum Gasteiger partial charge on any atom is 0.416 e. The Morgan fingerprint density at radius 2 is 1.85 bits per heavy atom. The van der Waals surface area contributed by atoms with E-state index >= 15 is 0 Å². The third kappa shape index (κ3) is 4.97. The topological polar surface area (TPSA) is 54.0 Å². The predicted octanol–water partition coefficient (Wildman–Crippen LogP) is 5.01. The molecule has 1 aromatic heterocycles. The van der Waals surface area contributed by atoms with Gasteiger partial charge in [0.25, 0.3) is 0 Å². The largest absolute Gasteiger partial charge is 0.416 e. The number of halogens is 3. The third-order valence-corrected chi connectivity index (χ3v) is 4.08. The lowest BCUT2D eigenvalue weighted by Gasteiger charge is -2.10. The first-order valence-corrected chi connectivity index (χ1v) is 8.48. The number of alkyl halides is 3. The molecular formula is C20H18F3N3O. The standard InChI is InChI=1S/C20H18F3N3O/c21-20(22,23)15-7-1-5-14(13-15)6-3-12-25-19(27)26-18-10-2-9-17-16(18)8-4-11-24-17/h1-2,4-5,7-11,13H,3,6,12H2,(H2,25,26,27). The van der Waals surface area contributed by atoms with Crippen LogP contribution in [0.25, 0.3) is 10.9 Å². The number of hydrogen-bond acceptors (Lipinski definition) is 2. The van der Waals surface area contributed by atoms with E-state index in [1.54, 1.807) is 30.5 Å². The number of pyridine rings is 1. The average molecular weight is 373 g/mol. The number of fused-ring (bicyclic) bond motifs is 1. The van der Waals surface area contributed by atoms with E-state index in [0.29, 0.717) is 30.6 Å². The molecular weight excluding hydrogens is 355 g/mol. The summed E-state index contributed by atoms with van der Waals surface area (Å²) in [7, 11) is 0. The number of aromatic nitrogens is 1. The molecule has 3 aromatic rings. The molecule has 140 valence electrons. The van der Waals surface area contributed by atoms with Crippen LogP contribution in [0.1, 0.15) is 17.5 Å². The maximum absolute atomic E-state index is 12.7. The van der Waals surface area contributed by atoms with Gasteiger partial charge in [0.1, 0.15) is 0 Å². The highest BCUT2D eigenvalue weighted by molar-refractivity contribution is 6.00. The molecule has 0 aliphatic rings. The van der Waals surface area contributed by atoms with E-state index in [2.05, 4.69) is 15.6 Å². The van der Waals surface area contributed by atoms with Crippen LogP contribution in [-0.2, 0) is 12.6 Å². The van der Waals surface area contributed by atoms with E-state index in [4.69, 9.17) is 0 Å². The van der Waals surface area contributed by atoms with Gasteiger partial charge < -0.3 is 10.6 Å². The average Bonchev–Trinajstić information content (AvgIpc) is 2.65. The zero-order valence-corrected chi connectivity index (χ0v) is 14.4. The van der Waals surface area contributed by atoms with Gasteiger partial charge in [-0.25, -0.2) is 4.79 Å². The number of amides is 2. The van der Waals surface area contributed by atoms with Crippen molar-refractivity contribution in [2.24, 2.45) is 0 Å². The van der Waals surface area contributed by atoms with E-state index in [-0.39, 0.29) is 6.03 Å². The summed E-state index contributed by atoms with van der Waals surface area (Å²) in [6, 6.07) is 14.0. The van der Waals surface area contributed by atoms with Crippen LogP contribution >= 0.6 is 0 Å². The van der Waals surface area contributed by atoms with Crippen LogP contribution in [0.5, 0.6) is 0 Å². The second kappa shape index (κ2) is 8.07. The van der Waals surface area contributed by atoms with Crippen molar-refractivity contribution in [1.29, 1.82) is 0 Å². The molecule has 1 heterocycles. The van der Waals surface area contributed by atoms with Gasteiger partial charge in [-0.15, -0.1) is 0 Å². The second-order valence-corrected chi connectivity index (χ2v) is 6.06. The quantitative estimate of drug-likeness (QED) is 0.618. The Kier molecular flexibility index (Phi) is 5.59. The Hall–Kier alpha value is -3.09. The first kappa shape index (κ1) is 18.7. The number of hydrogen-bond donors (Lipinski definition) is 2. The summed E-state index contributed by atoms with van der Waals surface area (Å²) in [6.07, 6.45) is -1.68. The van der Waals surface area contributed by atoms with Crippen molar-refractivity contribution in [2.45, 2.75) is 19.0 Å². The van der Waals surface area contributed by atoms with Crippen LogP contribution in [0.2, 0.25) is 0 Å². The molecule has 2 aromatic carbocycles. The summed E-state index contributed by atoms with van der Waals surface area (Å²) in [5.74, 6) is 0. The summed E-state index contributed by atoms with van der Waals surface area (Å²) in [5.41, 5.74) is 1.36. The highest BCUT2D eigenvalue weighted by Crippen LogP contribution is 2.29. The highest BCUT2D eigenvalue weighted by Gasteiger charge is 2.30. The summed E-state index contributed by atoms with van der Waals surface area (Å²) in [6.45, 7) is 0.352. The van der Waals surface area contributed by atoms with Crippen molar-refractivity contribution >= 4 is 22.6 Å². The lowest BCUT2D eigenvalue weighted by molar-refractivity contribution is -0.137. The number of carbonyl (C=O) groups is 1. The summed E-state index contributed by atoms with van der Waals surface area (Å²) >= 11 is 0. The number of benzene rings is 2. The summed E-state index contributed by atoms with van der Waals surface area (Å²) < 4.78 is 38.1. The van der Waals surface area contributed by atoms with E-state index in [1.807, 2.05) is 12.1 Å². The van der Waals surface area contributed by atoms with Crippen LogP contribution in [-0.4, -0.2) is 17.6 Å².